The number of hydrogen-bond donors (Lipinski definition) is 0. The maximum Gasteiger partial charge on any atom is 0.425 e. The number of fused-ring (bicyclic) bond motifs is 1. The van der Waals surface area contributed by atoms with Crippen molar-refractivity contribution in [3.05, 3.63) is 0 Å². The normalized spacial score (nSPS) is 39.5. The molecule has 2 aliphatic carbocycles. The van der Waals surface area contributed by atoms with Crippen LogP contribution in [0.3, 0.4) is 0 Å². The van der Waals surface area contributed by atoms with Crippen LogP contribution in [-0.4, -0.2) is 14.5 Å². The summed E-state index contributed by atoms with van der Waals surface area (Å²) in [5.41, 5.74) is -0.811. The van der Waals surface area contributed by atoms with E-state index in [4.69, 9.17) is 0 Å². The lowest BCUT2D eigenvalue weighted by Crippen LogP contribution is -2.36. The number of ketones is 1. The van der Waals surface area contributed by atoms with E-state index in [9.17, 15) is 13.0 Å². The molecule has 0 spiro atoms. The lowest BCUT2D eigenvalue weighted by molar-refractivity contribution is -0.130. The van der Waals surface area contributed by atoms with Gasteiger partial charge in [-0.2, -0.15) is 0 Å². The fourth-order valence-corrected chi connectivity index (χ4v) is 5.20. The van der Waals surface area contributed by atoms with E-state index in [1.54, 1.807) is 6.92 Å². The second kappa shape index (κ2) is 3.90. The SMILES string of the molecule is CC(=O)[C@]12CCCC[C@H]1C[C@@H]([Si](C)(F)F)C2. The summed E-state index contributed by atoms with van der Waals surface area (Å²) in [5.74, 6) is 0.417. The summed E-state index contributed by atoms with van der Waals surface area (Å²) < 4.78 is 27.1. The molecule has 0 N–H and O–H groups in total. The van der Waals surface area contributed by atoms with Crippen LogP contribution in [0.2, 0.25) is 12.1 Å². The molecule has 0 aromatic carbocycles. The van der Waals surface area contributed by atoms with Crippen LogP contribution in [0.1, 0.15) is 45.4 Å². The molecule has 2 rings (SSSR count). The Labute approximate surface area is 97.0 Å². The highest BCUT2D eigenvalue weighted by atomic mass is 28.4. The number of carbonyl (C=O) groups is 1. The summed E-state index contributed by atoms with van der Waals surface area (Å²) in [6, 6.07) is 0. The van der Waals surface area contributed by atoms with Crippen LogP contribution >= 0.6 is 0 Å². The minimum atomic E-state index is -4.06. The molecule has 4 heteroatoms. The Bertz CT molecular complexity index is 300. The monoisotopic (exact) mass is 246 g/mol. The molecule has 0 heterocycles. The third-order valence-electron chi connectivity index (χ3n) is 4.80. The average molecular weight is 246 g/mol. The molecule has 0 unspecified atom stereocenters. The van der Waals surface area contributed by atoms with Crippen molar-refractivity contribution in [2.45, 2.75) is 57.5 Å². The van der Waals surface area contributed by atoms with E-state index in [1.807, 2.05) is 0 Å². The van der Waals surface area contributed by atoms with Crippen molar-refractivity contribution in [1.82, 2.24) is 0 Å². The van der Waals surface area contributed by atoms with Gasteiger partial charge in [0.1, 0.15) is 5.78 Å². The highest BCUT2D eigenvalue weighted by Crippen LogP contribution is 2.59. The second-order valence-electron chi connectivity index (χ2n) is 5.75. The molecule has 0 aliphatic heterocycles. The summed E-state index contributed by atoms with van der Waals surface area (Å²) in [7, 11) is -4.06. The lowest BCUT2D eigenvalue weighted by Gasteiger charge is -2.37. The van der Waals surface area contributed by atoms with Crippen molar-refractivity contribution in [2.24, 2.45) is 11.3 Å². The smallest absolute Gasteiger partial charge is 0.299 e. The number of carbonyl (C=O) groups excluding carboxylic acids is 1. The molecular formula is C12H20F2OSi. The Morgan fingerprint density at radius 1 is 1.38 bits per heavy atom. The predicted molar refractivity (Wildman–Crippen MR) is 61.9 cm³/mol. The largest absolute Gasteiger partial charge is 0.425 e. The third kappa shape index (κ3) is 1.85. The van der Waals surface area contributed by atoms with E-state index in [0.717, 1.165) is 32.2 Å². The van der Waals surface area contributed by atoms with E-state index >= 15 is 0 Å². The summed E-state index contributed by atoms with van der Waals surface area (Å²) in [5, 5.41) is 0. The molecule has 2 aliphatic rings. The molecule has 3 atom stereocenters. The number of rotatable bonds is 2. The standard InChI is InChI=1S/C12H20F2OSi/c1-9(15)12-6-4-3-5-10(12)7-11(8-12)16(2,13)14/h10-11H,3-8H2,1-2H3/t10-,11+,12+/m0/s1. The Hall–Kier alpha value is -0.253. The molecule has 0 aromatic rings. The maximum atomic E-state index is 13.5. The molecule has 0 bridgehead atoms. The number of halogens is 2. The fourth-order valence-electron chi connectivity index (χ4n) is 3.78. The van der Waals surface area contributed by atoms with E-state index in [2.05, 4.69) is 0 Å². The molecule has 16 heavy (non-hydrogen) atoms. The van der Waals surface area contributed by atoms with E-state index in [1.165, 1.54) is 0 Å². The van der Waals surface area contributed by atoms with Gasteiger partial charge in [0.05, 0.1) is 0 Å². The average Bonchev–Trinajstić information content (AvgIpc) is 2.57. The number of hydrogen-bond acceptors (Lipinski definition) is 1. The summed E-state index contributed by atoms with van der Waals surface area (Å²) in [6.07, 6.45) is 5.08. The Kier molecular flexibility index (Phi) is 2.97. The molecule has 0 amide bonds. The van der Waals surface area contributed by atoms with Crippen molar-refractivity contribution >= 4 is 14.5 Å². The Balaban J connectivity index is 2.24. The molecule has 2 saturated carbocycles. The first-order valence-electron chi connectivity index (χ1n) is 6.25. The van der Waals surface area contributed by atoms with Gasteiger partial charge in [-0.05, 0) is 45.1 Å². The molecule has 1 nitrogen and oxygen atoms in total. The Morgan fingerprint density at radius 3 is 2.56 bits per heavy atom. The second-order valence-corrected chi connectivity index (χ2v) is 8.48. The first-order chi connectivity index (χ1) is 7.36. The van der Waals surface area contributed by atoms with E-state index in [0.29, 0.717) is 12.8 Å². The molecule has 0 radical (unpaired) electrons. The van der Waals surface area contributed by atoms with Gasteiger partial charge < -0.3 is 0 Å². The van der Waals surface area contributed by atoms with Gasteiger partial charge in [-0.25, -0.2) is 0 Å². The van der Waals surface area contributed by atoms with Crippen LogP contribution in [0.4, 0.5) is 8.22 Å². The van der Waals surface area contributed by atoms with Crippen LogP contribution in [0, 0.1) is 11.3 Å². The number of Topliss-reactive ketones (excluding diaryl/α,β-unsaturated/α-hetero) is 1. The first kappa shape index (κ1) is 12.2. The van der Waals surface area contributed by atoms with Crippen LogP contribution in [0.15, 0.2) is 0 Å². The quantitative estimate of drug-likeness (QED) is 0.533. The van der Waals surface area contributed by atoms with Crippen LogP contribution < -0.4 is 0 Å². The van der Waals surface area contributed by atoms with Gasteiger partial charge in [0.25, 0.3) is 0 Å². The van der Waals surface area contributed by atoms with Gasteiger partial charge in [-0.1, -0.05) is 12.8 Å². The highest BCUT2D eigenvalue weighted by molar-refractivity contribution is 6.66. The van der Waals surface area contributed by atoms with Gasteiger partial charge in [0.2, 0.25) is 0 Å². The van der Waals surface area contributed by atoms with Gasteiger partial charge in [-0.15, -0.1) is 0 Å². The van der Waals surface area contributed by atoms with Gasteiger partial charge in [0, 0.05) is 11.0 Å². The highest BCUT2D eigenvalue weighted by Gasteiger charge is 2.57. The zero-order chi connectivity index (χ0) is 12.0. The molecule has 92 valence electrons. The van der Waals surface area contributed by atoms with Gasteiger partial charge >= 0.3 is 8.74 Å². The van der Waals surface area contributed by atoms with Crippen molar-refractivity contribution < 1.29 is 13.0 Å². The molecule has 0 saturated heterocycles. The van der Waals surface area contributed by atoms with Crippen molar-refractivity contribution in [3.8, 4) is 0 Å². The van der Waals surface area contributed by atoms with Crippen LogP contribution in [0.25, 0.3) is 0 Å². The molecule has 2 fully saturated rings. The van der Waals surface area contributed by atoms with E-state index in [-0.39, 0.29) is 17.1 Å². The van der Waals surface area contributed by atoms with Gasteiger partial charge in [0.15, 0.2) is 0 Å². The summed E-state index contributed by atoms with van der Waals surface area (Å²) >= 11 is 0. The van der Waals surface area contributed by atoms with Crippen LogP contribution in [0.5, 0.6) is 0 Å². The molecular weight excluding hydrogens is 226 g/mol. The third-order valence-corrected chi connectivity index (χ3v) is 6.68. The van der Waals surface area contributed by atoms with Crippen LogP contribution in [-0.2, 0) is 4.79 Å². The van der Waals surface area contributed by atoms with Crippen molar-refractivity contribution in [1.29, 1.82) is 0 Å². The zero-order valence-electron chi connectivity index (χ0n) is 10.1. The van der Waals surface area contributed by atoms with E-state index < -0.39 is 14.3 Å². The fraction of sp³-hybridized carbons (Fsp3) is 0.917. The topological polar surface area (TPSA) is 17.1 Å². The van der Waals surface area contributed by atoms with Crippen molar-refractivity contribution in [2.75, 3.05) is 0 Å². The summed E-state index contributed by atoms with van der Waals surface area (Å²) in [4.78, 5) is 11.8. The zero-order valence-corrected chi connectivity index (χ0v) is 11.1. The first-order valence-corrected chi connectivity index (χ1v) is 8.58. The van der Waals surface area contributed by atoms with Gasteiger partial charge in [-0.3, -0.25) is 13.0 Å². The maximum absolute atomic E-state index is 13.5. The minimum absolute atomic E-state index is 0.165. The lowest BCUT2D eigenvalue weighted by atomic mass is 9.66. The summed E-state index contributed by atoms with van der Waals surface area (Å²) in [6.45, 7) is 2.75. The molecule has 0 aromatic heterocycles. The predicted octanol–water partition coefficient (Wildman–Crippen LogP) is 3.93. The van der Waals surface area contributed by atoms with Crippen molar-refractivity contribution in [3.63, 3.8) is 0 Å². The minimum Gasteiger partial charge on any atom is -0.299 e. The Morgan fingerprint density at radius 2 is 2.06 bits per heavy atom.